The fourth-order valence-electron chi connectivity index (χ4n) is 2.39. The summed E-state index contributed by atoms with van der Waals surface area (Å²) in [4.78, 5) is 0. The molecule has 0 aromatic carbocycles. The van der Waals surface area contributed by atoms with E-state index in [1.807, 2.05) is 0 Å². The first-order valence-electron chi connectivity index (χ1n) is 5.25. The Hall–Kier alpha value is 0.700. The van der Waals surface area contributed by atoms with Crippen LogP contribution in [0.1, 0.15) is 38.5 Å². The average molecular weight is 308 g/mol. The van der Waals surface area contributed by atoms with Gasteiger partial charge in [-0.05, 0) is 43.9 Å². The van der Waals surface area contributed by atoms with E-state index in [2.05, 4.69) is 44.0 Å². The van der Waals surface area contributed by atoms with Crippen LogP contribution in [0.5, 0.6) is 0 Å². The molecule has 74 valence electrons. The van der Waals surface area contributed by atoms with Gasteiger partial charge in [0, 0.05) is 0 Å². The van der Waals surface area contributed by atoms with Crippen LogP contribution in [0, 0.1) is 11.8 Å². The summed E-state index contributed by atoms with van der Waals surface area (Å²) in [5.74, 6) is 1.76. The highest BCUT2D eigenvalue weighted by molar-refractivity contribution is 9.25. The average Bonchev–Trinajstić information content (AvgIpc) is 2.63. The molecule has 2 rings (SSSR count). The van der Waals surface area contributed by atoms with Gasteiger partial charge in [-0.25, -0.2) is 0 Å². The third-order valence-corrected chi connectivity index (χ3v) is 5.66. The number of rotatable bonds is 0. The van der Waals surface area contributed by atoms with Gasteiger partial charge in [-0.15, -0.1) is 0 Å². The normalized spacial score (nSPS) is 40.5. The zero-order valence-corrected chi connectivity index (χ0v) is 11.0. The van der Waals surface area contributed by atoms with Gasteiger partial charge in [0.15, 0.2) is 0 Å². The molecule has 2 aliphatic rings. The van der Waals surface area contributed by atoms with Crippen molar-refractivity contribution in [2.45, 2.75) is 41.8 Å². The molecule has 13 heavy (non-hydrogen) atoms. The number of hydrogen-bond donors (Lipinski definition) is 0. The maximum absolute atomic E-state index is 3.79. The lowest BCUT2D eigenvalue weighted by atomic mass is 10.1. The highest BCUT2D eigenvalue weighted by Gasteiger charge is 2.59. The van der Waals surface area contributed by atoms with Gasteiger partial charge >= 0.3 is 0 Å². The first-order chi connectivity index (χ1) is 6.23. The van der Waals surface area contributed by atoms with Crippen molar-refractivity contribution in [2.75, 3.05) is 0 Å². The SMILES string of the molecule is BrC1(Br)[C@@H]2CCCC/C=C/CC[C@@H]21. The first kappa shape index (κ1) is 10.2. The Morgan fingerprint density at radius 3 is 2.46 bits per heavy atom. The molecular formula is C11H16Br2. The summed E-state index contributed by atoms with van der Waals surface area (Å²) in [6.07, 6.45) is 12.8. The van der Waals surface area contributed by atoms with Gasteiger partial charge < -0.3 is 0 Å². The lowest BCUT2D eigenvalue weighted by molar-refractivity contribution is 0.566. The molecule has 0 aromatic rings. The summed E-state index contributed by atoms with van der Waals surface area (Å²) in [7, 11) is 0. The Morgan fingerprint density at radius 1 is 0.923 bits per heavy atom. The highest BCUT2D eigenvalue weighted by Crippen LogP contribution is 2.65. The Labute approximate surface area is 97.4 Å². The van der Waals surface area contributed by atoms with Crippen molar-refractivity contribution < 1.29 is 0 Å². The van der Waals surface area contributed by atoms with Gasteiger partial charge in [-0.1, -0.05) is 50.4 Å². The second-order valence-electron chi connectivity index (χ2n) is 4.22. The van der Waals surface area contributed by atoms with Gasteiger partial charge in [-0.3, -0.25) is 0 Å². The monoisotopic (exact) mass is 306 g/mol. The maximum atomic E-state index is 3.79. The number of halogens is 2. The number of fused-ring (bicyclic) bond motifs is 1. The van der Waals surface area contributed by atoms with E-state index in [-0.39, 0.29) is 0 Å². The molecule has 0 radical (unpaired) electrons. The van der Waals surface area contributed by atoms with E-state index in [1.54, 1.807) is 0 Å². The molecule has 2 atom stereocenters. The molecule has 0 saturated heterocycles. The quantitative estimate of drug-likeness (QED) is 0.452. The summed E-state index contributed by atoms with van der Waals surface area (Å²) in [6.45, 7) is 0. The Kier molecular flexibility index (Phi) is 3.19. The summed E-state index contributed by atoms with van der Waals surface area (Å²) in [5, 5.41) is 0. The van der Waals surface area contributed by atoms with Crippen LogP contribution >= 0.6 is 31.9 Å². The Bertz CT molecular complexity index is 208. The van der Waals surface area contributed by atoms with Crippen LogP contribution in [0.4, 0.5) is 0 Å². The fourth-order valence-corrected chi connectivity index (χ4v) is 4.31. The van der Waals surface area contributed by atoms with Crippen molar-refractivity contribution in [3.05, 3.63) is 12.2 Å². The van der Waals surface area contributed by atoms with E-state index in [0.29, 0.717) is 3.23 Å². The van der Waals surface area contributed by atoms with Crippen molar-refractivity contribution in [1.82, 2.24) is 0 Å². The number of allylic oxidation sites excluding steroid dienone is 2. The standard InChI is InChI=1S/C11H16Br2/c12-11(13)9-7-5-3-1-2-4-6-8-10(9)11/h1,3,9-10H,2,4-8H2/b3-1+/t9-,10+/m0/s1. The molecule has 0 unspecified atom stereocenters. The van der Waals surface area contributed by atoms with Crippen LogP contribution in [0.2, 0.25) is 0 Å². The molecule has 0 amide bonds. The van der Waals surface area contributed by atoms with E-state index in [9.17, 15) is 0 Å². The molecule has 0 aliphatic heterocycles. The third kappa shape index (κ3) is 2.20. The van der Waals surface area contributed by atoms with Gasteiger partial charge in [-0.2, -0.15) is 0 Å². The molecule has 0 N–H and O–H groups in total. The van der Waals surface area contributed by atoms with Crippen molar-refractivity contribution in [2.24, 2.45) is 11.8 Å². The predicted octanol–water partition coefficient (Wildman–Crippen LogP) is 4.63. The van der Waals surface area contributed by atoms with Crippen LogP contribution in [-0.4, -0.2) is 3.23 Å². The third-order valence-electron chi connectivity index (χ3n) is 3.31. The second-order valence-corrected chi connectivity index (χ2v) is 7.91. The van der Waals surface area contributed by atoms with E-state index >= 15 is 0 Å². The molecule has 0 nitrogen and oxygen atoms in total. The Morgan fingerprint density at radius 2 is 1.62 bits per heavy atom. The zero-order valence-electron chi connectivity index (χ0n) is 7.81. The minimum absolute atomic E-state index is 0.304. The van der Waals surface area contributed by atoms with Crippen LogP contribution in [0.3, 0.4) is 0 Å². The molecule has 0 heterocycles. The molecule has 1 saturated carbocycles. The second kappa shape index (κ2) is 4.06. The van der Waals surface area contributed by atoms with Crippen molar-refractivity contribution in [1.29, 1.82) is 0 Å². The van der Waals surface area contributed by atoms with E-state index in [1.165, 1.54) is 38.5 Å². The summed E-state index contributed by atoms with van der Waals surface area (Å²) < 4.78 is 0.304. The van der Waals surface area contributed by atoms with E-state index in [0.717, 1.165) is 11.8 Å². The van der Waals surface area contributed by atoms with Crippen LogP contribution < -0.4 is 0 Å². The summed E-state index contributed by atoms with van der Waals surface area (Å²) >= 11 is 7.58. The summed E-state index contributed by atoms with van der Waals surface area (Å²) in [6, 6.07) is 0. The molecular weight excluding hydrogens is 292 g/mol. The molecule has 0 bridgehead atoms. The topological polar surface area (TPSA) is 0 Å². The maximum Gasteiger partial charge on any atom is 0.0868 e. The van der Waals surface area contributed by atoms with Crippen LogP contribution in [0.25, 0.3) is 0 Å². The number of hydrogen-bond acceptors (Lipinski definition) is 0. The zero-order chi connectivity index (χ0) is 9.31. The smallest absolute Gasteiger partial charge is 0.0868 e. The predicted molar refractivity (Wildman–Crippen MR) is 64.4 cm³/mol. The molecule has 1 fully saturated rings. The highest BCUT2D eigenvalue weighted by atomic mass is 79.9. The lowest BCUT2D eigenvalue weighted by Gasteiger charge is -2.00. The van der Waals surface area contributed by atoms with Crippen LogP contribution in [0.15, 0.2) is 12.2 Å². The van der Waals surface area contributed by atoms with Crippen molar-refractivity contribution in [3.8, 4) is 0 Å². The van der Waals surface area contributed by atoms with Gasteiger partial charge in [0.05, 0.1) is 3.23 Å². The number of alkyl halides is 2. The molecule has 2 aliphatic carbocycles. The van der Waals surface area contributed by atoms with E-state index < -0.39 is 0 Å². The van der Waals surface area contributed by atoms with Crippen molar-refractivity contribution in [3.63, 3.8) is 0 Å². The largest absolute Gasteiger partial charge is 0.0885 e. The summed E-state index contributed by atoms with van der Waals surface area (Å²) in [5.41, 5.74) is 0. The lowest BCUT2D eigenvalue weighted by Crippen LogP contribution is -1.88. The van der Waals surface area contributed by atoms with Gasteiger partial charge in [0.1, 0.15) is 0 Å². The molecule has 2 heteroatoms. The van der Waals surface area contributed by atoms with Gasteiger partial charge in [0.25, 0.3) is 0 Å². The minimum Gasteiger partial charge on any atom is -0.0885 e. The first-order valence-corrected chi connectivity index (χ1v) is 6.84. The molecule has 0 aromatic heterocycles. The fraction of sp³-hybridized carbons (Fsp3) is 0.818. The molecule has 0 spiro atoms. The van der Waals surface area contributed by atoms with Crippen LogP contribution in [-0.2, 0) is 0 Å². The minimum atomic E-state index is 0.304. The van der Waals surface area contributed by atoms with Gasteiger partial charge in [0.2, 0.25) is 0 Å². The van der Waals surface area contributed by atoms with Crippen molar-refractivity contribution >= 4 is 31.9 Å². The Balaban J connectivity index is 1.93. The van der Waals surface area contributed by atoms with E-state index in [4.69, 9.17) is 0 Å².